The Hall–Kier alpha value is -1.69. The summed E-state index contributed by atoms with van der Waals surface area (Å²) in [5.74, 6) is 1.49. The Morgan fingerprint density at radius 1 is 1.41 bits per heavy atom. The first-order valence-corrected chi connectivity index (χ1v) is 6.09. The van der Waals surface area contributed by atoms with Crippen LogP contribution in [0.2, 0.25) is 0 Å². The molecule has 0 amide bonds. The normalized spacial score (nSPS) is 16.6. The summed E-state index contributed by atoms with van der Waals surface area (Å²) in [4.78, 5) is 2.37. The average molecular weight is 230 g/mol. The molecule has 3 heteroatoms. The molecule has 17 heavy (non-hydrogen) atoms. The zero-order valence-corrected chi connectivity index (χ0v) is 10.2. The molecule has 1 heterocycles. The van der Waals surface area contributed by atoms with Crippen LogP contribution in [0, 0.1) is 17.2 Å². The van der Waals surface area contributed by atoms with Crippen LogP contribution in [0.15, 0.2) is 24.3 Å². The van der Waals surface area contributed by atoms with Crippen molar-refractivity contribution in [3.63, 3.8) is 0 Å². The van der Waals surface area contributed by atoms with E-state index in [0.717, 1.165) is 31.7 Å². The van der Waals surface area contributed by atoms with E-state index in [1.807, 2.05) is 12.1 Å². The van der Waals surface area contributed by atoms with E-state index in [-0.39, 0.29) is 0 Å². The van der Waals surface area contributed by atoms with Crippen molar-refractivity contribution in [1.82, 2.24) is 0 Å². The van der Waals surface area contributed by atoms with Gasteiger partial charge in [-0.1, -0.05) is 6.07 Å². The lowest BCUT2D eigenvalue weighted by Crippen LogP contribution is -2.33. The molecule has 1 fully saturated rings. The van der Waals surface area contributed by atoms with Crippen molar-refractivity contribution < 1.29 is 4.74 Å². The number of anilines is 1. The molecule has 0 bridgehead atoms. The minimum atomic E-state index is 0.585. The highest BCUT2D eigenvalue weighted by Crippen LogP contribution is 2.27. The van der Waals surface area contributed by atoms with Crippen molar-refractivity contribution >= 4 is 5.69 Å². The number of hydrogen-bond acceptors (Lipinski definition) is 3. The van der Waals surface area contributed by atoms with Gasteiger partial charge in [0.15, 0.2) is 0 Å². The molecule has 2 rings (SSSR count). The summed E-state index contributed by atoms with van der Waals surface area (Å²) in [6, 6.07) is 10.5. The van der Waals surface area contributed by atoms with Crippen molar-refractivity contribution in [3.8, 4) is 11.8 Å². The maximum atomic E-state index is 8.69. The number of nitrogens with zero attached hydrogens (tertiary/aromatic N) is 2. The van der Waals surface area contributed by atoms with Gasteiger partial charge in [-0.15, -0.1) is 0 Å². The van der Waals surface area contributed by atoms with Crippen molar-refractivity contribution in [3.05, 3.63) is 24.3 Å². The van der Waals surface area contributed by atoms with E-state index in [2.05, 4.69) is 23.1 Å². The van der Waals surface area contributed by atoms with Gasteiger partial charge in [-0.25, -0.2) is 0 Å². The highest BCUT2D eigenvalue weighted by atomic mass is 16.5. The summed E-state index contributed by atoms with van der Waals surface area (Å²) >= 11 is 0. The second kappa shape index (κ2) is 5.58. The molecular formula is C14H18N2O. The standard InChI is InChI=1S/C14H18N2O/c1-17-14-4-2-3-13(11-14)16-9-6-12(5-8-15)7-10-16/h2-4,11-12H,5-7,9-10H2,1H3. The van der Waals surface area contributed by atoms with Crippen LogP contribution in [-0.4, -0.2) is 20.2 Å². The van der Waals surface area contributed by atoms with Gasteiger partial charge < -0.3 is 9.64 Å². The van der Waals surface area contributed by atoms with E-state index in [1.165, 1.54) is 5.69 Å². The molecule has 1 saturated heterocycles. The van der Waals surface area contributed by atoms with Gasteiger partial charge in [0, 0.05) is 31.3 Å². The van der Waals surface area contributed by atoms with Crippen molar-refractivity contribution in [2.75, 3.05) is 25.1 Å². The molecule has 1 aliphatic heterocycles. The quantitative estimate of drug-likeness (QED) is 0.801. The van der Waals surface area contributed by atoms with Crippen LogP contribution >= 0.6 is 0 Å². The Morgan fingerprint density at radius 2 is 2.18 bits per heavy atom. The fraction of sp³-hybridized carbons (Fsp3) is 0.500. The fourth-order valence-electron chi connectivity index (χ4n) is 2.33. The summed E-state index contributed by atoms with van der Waals surface area (Å²) < 4.78 is 5.24. The maximum Gasteiger partial charge on any atom is 0.120 e. The Bertz CT molecular complexity index is 403. The number of rotatable bonds is 3. The minimum absolute atomic E-state index is 0.585. The molecule has 0 unspecified atom stereocenters. The van der Waals surface area contributed by atoms with E-state index >= 15 is 0 Å². The van der Waals surface area contributed by atoms with Crippen LogP contribution in [0.25, 0.3) is 0 Å². The van der Waals surface area contributed by atoms with Crippen LogP contribution in [0.5, 0.6) is 5.75 Å². The van der Waals surface area contributed by atoms with Gasteiger partial charge in [-0.05, 0) is 30.9 Å². The lowest BCUT2D eigenvalue weighted by atomic mass is 9.94. The second-order valence-electron chi connectivity index (χ2n) is 4.49. The van der Waals surface area contributed by atoms with Gasteiger partial charge in [0.1, 0.15) is 5.75 Å². The molecule has 0 aliphatic carbocycles. The summed E-state index contributed by atoms with van der Waals surface area (Å²) in [6.45, 7) is 2.08. The Labute approximate surface area is 103 Å². The van der Waals surface area contributed by atoms with Crippen LogP contribution < -0.4 is 9.64 Å². The zero-order valence-electron chi connectivity index (χ0n) is 10.2. The molecule has 1 aliphatic rings. The van der Waals surface area contributed by atoms with E-state index in [0.29, 0.717) is 12.3 Å². The van der Waals surface area contributed by atoms with E-state index in [9.17, 15) is 0 Å². The summed E-state index contributed by atoms with van der Waals surface area (Å²) in [5.41, 5.74) is 1.22. The third-order valence-corrected chi connectivity index (χ3v) is 3.41. The van der Waals surface area contributed by atoms with Crippen LogP contribution in [-0.2, 0) is 0 Å². The first-order valence-electron chi connectivity index (χ1n) is 6.09. The predicted molar refractivity (Wildman–Crippen MR) is 68.2 cm³/mol. The second-order valence-corrected chi connectivity index (χ2v) is 4.49. The summed E-state index contributed by atoms with van der Waals surface area (Å²) in [7, 11) is 1.69. The van der Waals surface area contributed by atoms with Crippen molar-refractivity contribution in [2.24, 2.45) is 5.92 Å². The molecule has 1 aromatic rings. The molecule has 90 valence electrons. The molecule has 0 spiro atoms. The number of ether oxygens (including phenoxy) is 1. The van der Waals surface area contributed by atoms with Gasteiger partial charge >= 0.3 is 0 Å². The van der Waals surface area contributed by atoms with E-state index in [4.69, 9.17) is 10.00 Å². The largest absolute Gasteiger partial charge is 0.497 e. The molecule has 3 nitrogen and oxygen atoms in total. The van der Waals surface area contributed by atoms with Crippen molar-refractivity contribution in [1.29, 1.82) is 5.26 Å². The number of hydrogen-bond donors (Lipinski definition) is 0. The zero-order chi connectivity index (χ0) is 12.1. The molecule has 0 atom stereocenters. The Morgan fingerprint density at radius 3 is 2.82 bits per heavy atom. The summed E-state index contributed by atoms with van der Waals surface area (Å²) in [6.07, 6.45) is 2.93. The predicted octanol–water partition coefficient (Wildman–Crippen LogP) is 2.83. The van der Waals surface area contributed by atoms with Crippen LogP contribution in [0.4, 0.5) is 5.69 Å². The van der Waals surface area contributed by atoms with Gasteiger partial charge in [-0.3, -0.25) is 0 Å². The van der Waals surface area contributed by atoms with E-state index in [1.54, 1.807) is 7.11 Å². The topological polar surface area (TPSA) is 36.3 Å². The third kappa shape index (κ3) is 2.91. The van der Waals surface area contributed by atoms with Gasteiger partial charge in [0.2, 0.25) is 0 Å². The number of benzene rings is 1. The summed E-state index contributed by atoms with van der Waals surface area (Å²) in [5, 5.41) is 8.69. The number of nitriles is 1. The highest BCUT2D eigenvalue weighted by molar-refractivity contribution is 5.51. The Balaban J connectivity index is 1.98. The van der Waals surface area contributed by atoms with E-state index < -0.39 is 0 Å². The first kappa shape index (κ1) is 11.8. The maximum absolute atomic E-state index is 8.69. The van der Waals surface area contributed by atoms with Gasteiger partial charge in [0.25, 0.3) is 0 Å². The van der Waals surface area contributed by atoms with Crippen LogP contribution in [0.1, 0.15) is 19.3 Å². The number of methoxy groups -OCH3 is 1. The van der Waals surface area contributed by atoms with Gasteiger partial charge in [0.05, 0.1) is 13.2 Å². The third-order valence-electron chi connectivity index (χ3n) is 3.41. The highest BCUT2D eigenvalue weighted by Gasteiger charge is 2.19. The van der Waals surface area contributed by atoms with Gasteiger partial charge in [-0.2, -0.15) is 5.26 Å². The molecular weight excluding hydrogens is 212 g/mol. The lowest BCUT2D eigenvalue weighted by Gasteiger charge is -2.32. The molecule has 0 aromatic heterocycles. The molecule has 1 aromatic carbocycles. The molecule has 0 saturated carbocycles. The minimum Gasteiger partial charge on any atom is -0.497 e. The first-order chi connectivity index (χ1) is 8.33. The number of piperidine rings is 1. The smallest absolute Gasteiger partial charge is 0.120 e. The van der Waals surface area contributed by atoms with Crippen LogP contribution in [0.3, 0.4) is 0 Å². The fourth-order valence-corrected chi connectivity index (χ4v) is 2.33. The SMILES string of the molecule is COc1cccc(N2CCC(CC#N)CC2)c1. The average Bonchev–Trinajstić information content (AvgIpc) is 2.40. The molecule has 0 N–H and O–H groups in total. The Kier molecular flexibility index (Phi) is 3.87. The monoisotopic (exact) mass is 230 g/mol. The lowest BCUT2D eigenvalue weighted by molar-refractivity contribution is 0.407. The van der Waals surface area contributed by atoms with Crippen molar-refractivity contribution in [2.45, 2.75) is 19.3 Å². The molecule has 0 radical (unpaired) electrons.